The van der Waals surface area contributed by atoms with Crippen molar-refractivity contribution in [1.82, 2.24) is 10.2 Å². The minimum absolute atomic E-state index is 0.0631. The Labute approximate surface area is 207 Å². The van der Waals surface area contributed by atoms with Crippen LogP contribution in [0.3, 0.4) is 0 Å². The third-order valence-corrected chi connectivity index (χ3v) is 7.12. The van der Waals surface area contributed by atoms with Gasteiger partial charge in [0.1, 0.15) is 6.04 Å². The Kier molecular flexibility index (Phi) is 9.64. The van der Waals surface area contributed by atoms with Gasteiger partial charge in [-0.1, -0.05) is 79.7 Å². The van der Waals surface area contributed by atoms with Crippen LogP contribution in [0, 0.1) is 0 Å². The number of hydrogen-bond acceptors (Lipinski definition) is 2. The summed E-state index contributed by atoms with van der Waals surface area (Å²) in [6.45, 7) is 4.19. The number of aryl methyl sites for hydroxylation is 2. The minimum Gasteiger partial charge on any atom is -0.352 e. The molecule has 2 aromatic carbocycles. The van der Waals surface area contributed by atoms with Gasteiger partial charge in [-0.15, -0.1) is 0 Å². The van der Waals surface area contributed by atoms with Gasteiger partial charge >= 0.3 is 0 Å². The second-order valence-corrected chi connectivity index (χ2v) is 9.79. The first kappa shape index (κ1) is 25.6. The van der Waals surface area contributed by atoms with Crippen molar-refractivity contribution in [2.24, 2.45) is 0 Å². The van der Waals surface area contributed by atoms with E-state index in [1.165, 1.54) is 12.0 Å². The molecule has 1 saturated carbocycles. The highest BCUT2D eigenvalue weighted by Gasteiger charge is 2.28. The molecular weight excluding hydrogens is 455 g/mol. The third kappa shape index (κ3) is 7.48. The largest absolute Gasteiger partial charge is 0.352 e. The number of hydrogen-bond donors (Lipinski definition) is 1. The normalized spacial score (nSPS) is 15.2. The van der Waals surface area contributed by atoms with E-state index in [1.54, 1.807) is 24.0 Å². The average Bonchev–Trinajstić information content (AvgIpc) is 2.82. The Morgan fingerprint density at radius 3 is 2.33 bits per heavy atom. The summed E-state index contributed by atoms with van der Waals surface area (Å²) in [5, 5.41) is 4.20. The summed E-state index contributed by atoms with van der Waals surface area (Å²) in [5.74, 6) is -0.167. The molecule has 0 unspecified atom stereocenters. The molecule has 0 heterocycles. The lowest BCUT2D eigenvalue weighted by molar-refractivity contribution is -0.141. The molecule has 4 nitrogen and oxygen atoms in total. The van der Waals surface area contributed by atoms with Crippen molar-refractivity contribution in [2.45, 2.75) is 83.8 Å². The van der Waals surface area contributed by atoms with Crippen LogP contribution >= 0.6 is 23.2 Å². The zero-order valence-electron chi connectivity index (χ0n) is 19.6. The van der Waals surface area contributed by atoms with Crippen molar-refractivity contribution in [3.05, 3.63) is 69.2 Å². The second-order valence-electron chi connectivity index (χ2n) is 8.95. The van der Waals surface area contributed by atoms with E-state index in [0.717, 1.165) is 43.2 Å². The highest BCUT2D eigenvalue weighted by molar-refractivity contribution is 6.35. The predicted octanol–water partition coefficient (Wildman–Crippen LogP) is 6.35. The topological polar surface area (TPSA) is 49.4 Å². The van der Waals surface area contributed by atoms with Gasteiger partial charge in [-0.25, -0.2) is 0 Å². The fourth-order valence-corrected chi connectivity index (χ4v) is 4.79. The van der Waals surface area contributed by atoms with Gasteiger partial charge in [-0.2, -0.15) is 0 Å². The fourth-order valence-electron chi connectivity index (χ4n) is 4.32. The van der Waals surface area contributed by atoms with Crippen molar-refractivity contribution in [3.63, 3.8) is 0 Å². The molecular formula is C27H34Cl2N2O2. The van der Waals surface area contributed by atoms with E-state index in [0.29, 0.717) is 22.9 Å². The van der Waals surface area contributed by atoms with Gasteiger partial charge in [0.25, 0.3) is 0 Å². The van der Waals surface area contributed by atoms with Crippen LogP contribution in [-0.4, -0.2) is 28.8 Å². The van der Waals surface area contributed by atoms with Gasteiger partial charge in [-0.3, -0.25) is 9.59 Å². The first-order valence-corrected chi connectivity index (χ1v) is 12.7. The number of carbonyl (C=O) groups is 2. The molecule has 0 saturated heterocycles. The number of nitrogens with one attached hydrogen (secondary N) is 1. The lowest BCUT2D eigenvalue weighted by atomic mass is 9.95. The van der Waals surface area contributed by atoms with E-state index >= 15 is 0 Å². The van der Waals surface area contributed by atoms with Gasteiger partial charge in [0.15, 0.2) is 0 Å². The molecule has 1 fully saturated rings. The summed E-state index contributed by atoms with van der Waals surface area (Å²) < 4.78 is 0. The lowest BCUT2D eigenvalue weighted by Crippen LogP contribution is -2.50. The van der Waals surface area contributed by atoms with E-state index in [-0.39, 0.29) is 24.4 Å². The molecule has 178 valence electrons. The molecule has 0 spiro atoms. The smallest absolute Gasteiger partial charge is 0.242 e. The van der Waals surface area contributed by atoms with Crippen molar-refractivity contribution < 1.29 is 9.59 Å². The van der Waals surface area contributed by atoms with Gasteiger partial charge in [0.05, 0.1) is 0 Å². The Bertz CT molecular complexity index is 940. The molecule has 1 aliphatic carbocycles. The molecule has 1 aliphatic rings. The molecule has 6 heteroatoms. The lowest BCUT2D eigenvalue weighted by Gasteiger charge is -2.31. The van der Waals surface area contributed by atoms with Crippen LogP contribution in [0.15, 0.2) is 42.5 Å². The Morgan fingerprint density at radius 1 is 1.03 bits per heavy atom. The van der Waals surface area contributed by atoms with E-state index in [2.05, 4.69) is 36.5 Å². The van der Waals surface area contributed by atoms with Crippen molar-refractivity contribution in [3.8, 4) is 0 Å². The van der Waals surface area contributed by atoms with Gasteiger partial charge in [0, 0.05) is 29.1 Å². The number of halogens is 2. The zero-order valence-corrected chi connectivity index (χ0v) is 21.1. The fraction of sp³-hybridized carbons (Fsp3) is 0.481. The first-order valence-electron chi connectivity index (χ1n) is 12.0. The van der Waals surface area contributed by atoms with Crippen LogP contribution in [-0.2, 0) is 29.0 Å². The van der Waals surface area contributed by atoms with Crippen LogP contribution in [0.4, 0.5) is 0 Å². The van der Waals surface area contributed by atoms with Crippen LogP contribution in [0.5, 0.6) is 0 Å². The summed E-state index contributed by atoms with van der Waals surface area (Å²) in [7, 11) is 0. The maximum absolute atomic E-state index is 13.3. The molecule has 1 N–H and O–H groups in total. The first-order chi connectivity index (χ1) is 15.9. The average molecular weight is 489 g/mol. The molecule has 2 aromatic rings. The van der Waals surface area contributed by atoms with E-state index in [9.17, 15) is 9.59 Å². The van der Waals surface area contributed by atoms with E-state index in [1.807, 2.05) is 6.07 Å². The quantitative estimate of drug-likeness (QED) is 0.446. The Hall–Kier alpha value is -2.04. The maximum Gasteiger partial charge on any atom is 0.242 e. The molecule has 0 aromatic heterocycles. The monoisotopic (exact) mass is 488 g/mol. The SMILES string of the molecule is CCc1ccc(CCC(=O)N(Cc2ccc(Cl)cc2Cl)[C@@H](C)C(=O)NC2CCCCC2)cc1. The molecule has 0 bridgehead atoms. The maximum atomic E-state index is 13.3. The van der Waals surface area contributed by atoms with Crippen LogP contribution in [0.25, 0.3) is 0 Å². The number of carbonyl (C=O) groups excluding carboxylic acids is 2. The van der Waals surface area contributed by atoms with Gasteiger partial charge in [-0.05, 0) is 61.4 Å². The molecule has 33 heavy (non-hydrogen) atoms. The Balaban J connectivity index is 1.72. The summed E-state index contributed by atoms with van der Waals surface area (Å²) in [4.78, 5) is 28.1. The highest BCUT2D eigenvalue weighted by Crippen LogP contribution is 2.24. The van der Waals surface area contributed by atoms with E-state index < -0.39 is 6.04 Å². The number of nitrogens with zero attached hydrogens (tertiary/aromatic N) is 1. The van der Waals surface area contributed by atoms with Gasteiger partial charge in [0.2, 0.25) is 11.8 Å². The number of amides is 2. The van der Waals surface area contributed by atoms with Crippen molar-refractivity contribution >= 4 is 35.0 Å². The highest BCUT2D eigenvalue weighted by atomic mass is 35.5. The summed E-state index contributed by atoms with van der Waals surface area (Å²) in [6, 6.07) is 13.2. The minimum atomic E-state index is -0.589. The van der Waals surface area contributed by atoms with E-state index in [4.69, 9.17) is 23.2 Å². The summed E-state index contributed by atoms with van der Waals surface area (Å²) >= 11 is 12.4. The van der Waals surface area contributed by atoms with Crippen molar-refractivity contribution in [1.29, 1.82) is 0 Å². The molecule has 3 rings (SSSR count). The van der Waals surface area contributed by atoms with Gasteiger partial charge < -0.3 is 10.2 Å². The molecule has 2 amide bonds. The zero-order chi connectivity index (χ0) is 23.8. The van der Waals surface area contributed by atoms with Crippen LogP contribution in [0.2, 0.25) is 10.0 Å². The molecule has 0 radical (unpaired) electrons. The number of rotatable bonds is 9. The molecule has 1 atom stereocenters. The van der Waals surface area contributed by atoms with Crippen LogP contribution < -0.4 is 5.32 Å². The number of benzene rings is 2. The standard InChI is InChI=1S/C27H34Cl2N2O2/c1-3-20-9-11-21(12-10-20)13-16-26(32)31(18-22-14-15-23(28)17-25(22)29)19(2)27(33)30-24-7-5-4-6-8-24/h9-12,14-15,17,19,24H,3-8,13,16,18H2,1-2H3,(H,30,33)/t19-/m0/s1. The van der Waals surface area contributed by atoms with Crippen molar-refractivity contribution in [2.75, 3.05) is 0 Å². The third-order valence-electron chi connectivity index (χ3n) is 6.53. The summed E-state index contributed by atoms with van der Waals surface area (Å²) in [5.41, 5.74) is 3.17. The van der Waals surface area contributed by atoms with Crippen LogP contribution in [0.1, 0.15) is 69.1 Å². The molecule has 0 aliphatic heterocycles. The predicted molar refractivity (Wildman–Crippen MR) is 136 cm³/mol. The summed E-state index contributed by atoms with van der Waals surface area (Å²) in [6.07, 6.45) is 7.45. The Morgan fingerprint density at radius 2 is 1.70 bits per heavy atom. The second kappa shape index (κ2) is 12.4.